The molecule has 4 aromatic rings. The van der Waals surface area contributed by atoms with E-state index in [0.29, 0.717) is 17.0 Å². The number of carbonyl (C=O) groups is 2. The van der Waals surface area contributed by atoms with E-state index in [9.17, 15) is 14.0 Å². The Bertz CT molecular complexity index is 1130. The third-order valence-corrected chi connectivity index (χ3v) is 4.14. The lowest BCUT2D eigenvalue weighted by Crippen LogP contribution is -2.13. The average molecular weight is 374 g/mol. The van der Waals surface area contributed by atoms with E-state index in [4.69, 9.17) is 4.42 Å². The Morgan fingerprint density at radius 1 is 0.750 bits per heavy atom. The second kappa shape index (κ2) is 7.36. The molecule has 28 heavy (non-hydrogen) atoms. The molecule has 0 fully saturated rings. The standard InChI is InChI=1S/C22H15FN2O3/c23-16-6-3-5-15(12-16)21(26)24-17-8-10-18(11-9-17)25-22(27)20-13-14-4-1-2-7-19(14)28-20/h1-13H,(H,24,26)(H,25,27). The van der Waals surface area contributed by atoms with Crippen LogP contribution in [0.2, 0.25) is 0 Å². The Morgan fingerprint density at radius 2 is 1.43 bits per heavy atom. The molecular weight excluding hydrogens is 359 g/mol. The Morgan fingerprint density at radius 3 is 2.11 bits per heavy atom. The van der Waals surface area contributed by atoms with Gasteiger partial charge in [0.05, 0.1) is 0 Å². The van der Waals surface area contributed by atoms with E-state index in [2.05, 4.69) is 10.6 Å². The quantitative estimate of drug-likeness (QED) is 0.523. The minimum absolute atomic E-state index is 0.213. The predicted octanol–water partition coefficient (Wildman–Crippen LogP) is 5.08. The molecule has 0 saturated carbocycles. The molecule has 3 aromatic carbocycles. The van der Waals surface area contributed by atoms with Gasteiger partial charge in [0.2, 0.25) is 0 Å². The first-order chi connectivity index (χ1) is 13.6. The van der Waals surface area contributed by atoms with Gasteiger partial charge in [0.25, 0.3) is 11.8 Å². The molecule has 0 spiro atoms. The van der Waals surface area contributed by atoms with Crippen LogP contribution in [0.15, 0.2) is 83.3 Å². The van der Waals surface area contributed by atoms with Gasteiger partial charge in [-0.25, -0.2) is 4.39 Å². The number of para-hydroxylation sites is 1. The molecule has 1 heterocycles. The minimum atomic E-state index is -0.476. The van der Waals surface area contributed by atoms with Gasteiger partial charge in [-0.2, -0.15) is 0 Å². The number of nitrogens with one attached hydrogen (secondary N) is 2. The van der Waals surface area contributed by atoms with Crippen molar-refractivity contribution in [3.05, 3.63) is 96.0 Å². The zero-order chi connectivity index (χ0) is 19.5. The highest BCUT2D eigenvalue weighted by Crippen LogP contribution is 2.21. The largest absolute Gasteiger partial charge is 0.451 e. The molecule has 6 heteroatoms. The van der Waals surface area contributed by atoms with Gasteiger partial charge in [0.1, 0.15) is 11.4 Å². The first kappa shape index (κ1) is 17.5. The zero-order valence-corrected chi connectivity index (χ0v) is 14.6. The molecule has 0 bridgehead atoms. The minimum Gasteiger partial charge on any atom is -0.451 e. The monoisotopic (exact) mass is 374 g/mol. The molecule has 0 aliphatic heterocycles. The van der Waals surface area contributed by atoms with Crippen LogP contribution in [-0.2, 0) is 0 Å². The van der Waals surface area contributed by atoms with Crippen LogP contribution in [-0.4, -0.2) is 11.8 Å². The van der Waals surface area contributed by atoms with Crippen LogP contribution < -0.4 is 10.6 Å². The summed E-state index contributed by atoms with van der Waals surface area (Å²) in [7, 11) is 0. The van der Waals surface area contributed by atoms with Crippen LogP contribution >= 0.6 is 0 Å². The summed E-state index contributed by atoms with van der Waals surface area (Å²) in [6.45, 7) is 0. The summed E-state index contributed by atoms with van der Waals surface area (Å²) in [5.74, 6) is -1.05. The van der Waals surface area contributed by atoms with Gasteiger partial charge in [-0.05, 0) is 54.6 Å². The maximum Gasteiger partial charge on any atom is 0.291 e. The first-order valence-corrected chi connectivity index (χ1v) is 8.55. The summed E-state index contributed by atoms with van der Waals surface area (Å²) < 4.78 is 18.8. The van der Waals surface area contributed by atoms with Crippen molar-refractivity contribution in [2.24, 2.45) is 0 Å². The third-order valence-electron chi connectivity index (χ3n) is 4.14. The van der Waals surface area contributed by atoms with Gasteiger partial charge < -0.3 is 15.1 Å². The van der Waals surface area contributed by atoms with Crippen molar-refractivity contribution in [1.29, 1.82) is 0 Å². The molecule has 1 aromatic heterocycles. The molecule has 0 unspecified atom stereocenters. The summed E-state index contributed by atoms with van der Waals surface area (Å²) in [6.07, 6.45) is 0. The number of rotatable bonds is 4. The molecule has 0 saturated heterocycles. The third kappa shape index (κ3) is 3.76. The summed E-state index contributed by atoms with van der Waals surface area (Å²) in [4.78, 5) is 24.5. The summed E-state index contributed by atoms with van der Waals surface area (Å²) in [5, 5.41) is 6.27. The van der Waals surface area contributed by atoms with E-state index in [0.717, 1.165) is 11.5 Å². The predicted molar refractivity (Wildman–Crippen MR) is 105 cm³/mol. The van der Waals surface area contributed by atoms with Gasteiger partial charge >= 0.3 is 0 Å². The van der Waals surface area contributed by atoms with Crippen molar-refractivity contribution in [2.75, 3.05) is 10.6 Å². The number of halogens is 1. The van der Waals surface area contributed by atoms with Crippen molar-refractivity contribution in [3.8, 4) is 0 Å². The molecule has 138 valence electrons. The van der Waals surface area contributed by atoms with Gasteiger partial charge in [-0.15, -0.1) is 0 Å². The summed E-state index contributed by atoms with van der Waals surface area (Å²) in [6, 6.07) is 21.1. The Hall–Kier alpha value is -3.93. The maximum absolute atomic E-state index is 13.2. The second-order valence-corrected chi connectivity index (χ2v) is 6.14. The number of hydrogen-bond donors (Lipinski definition) is 2. The summed E-state index contributed by atoms with van der Waals surface area (Å²) in [5.41, 5.74) is 1.94. The molecule has 4 rings (SSSR count). The van der Waals surface area contributed by atoms with Crippen LogP contribution in [0.5, 0.6) is 0 Å². The normalized spacial score (nSPS) is 10.6. The van der Waals surface area contributed by atoms with Crippen LogP contribution in [0.1, 0.15) is 20.9 Å². The van der Waals surface area contributed by atoms with Crippen molar-refractivity contribution >= 4 is 34.2 Å². The number of fused-ring (bicyclic) bond motifs is 1. The Balaban J connectivity index is 1.42. The molecule has 0 radical (unpaired) electrons. The van der Waals surface area contributed by atoms with E-state index in [1.165, 1.54) is 18.2 Å². The fraction of sp³-hybridized carbons (Fsp3) is 0. The van der Waals surface area contributed by atoms with Crippen LogP contribution in [0.25, 0.3) is 11.0 Å². The van der Waals surface area contributed by atoms with Crippen LogP contribution in [0.3, 0.4) is 0 Å². The van der Waals surface area contributed by atoms with Crippen molar-refractivity contribution in [1.82, 2.24) is 0 Å². The number of benzene rings is 3. The lowest BCUT2D eigenvalue weighted by molar-refractivity contribution is 0.0996. The smallest absolute Gasteiger partial charge is 0.291 e. The van der Waals surface area contributed by atoms with Gasteiger partial charge in [-0.1, -0.05) is 24.3 Å². The fourth-order valence-electron chi connectivity index (χ4n) is 2.76. The summed E-state index contributed by atoms with van der Waals surface area (Å²) >= 11 is 0. The molecule has 2 N–H and O–H groups in total. The second-order valence-electron chi connectivity index (χ2n) is 6.14. The molecule has 0 aliphatic carbocycles. The first-order valence-electron chi connectivity index (χ1n) is 8.55. The van der Waals surface area contributed by atoms with E-state index in [1.54, 1.807) is 36.4 Å². The number of hydrogen-bond acceptors (Lipinski definition) is 3. The average Bonchev–Trinajstić information content (AvgIpc) is 3.14. The molecule has 2 amide bonds. The SMILES string of the molecule is O=C(Nc1ccc(NC(=O)c2cc3ccccc3o2)cc1)c1cccc(F)c1. The van der Waals surface area contributed by atoms with E-state index >= 15 is 0 Å². The topological polar surface area (TPSA) is 71.3 Å². The molecule has 0 atom stereocenters. The highest BCUT2D eigenvalue weighted by atomic mass is 19.1. The Labute approximate surface area is 159 Å². The Kier molecular flexibility index (Phi) is 4.60. The maximum atomic E-state index is 13.2. The van der Waals surface area contributed by atoms with E-state index < -0.39 is 11.7 Å². The zero-order valence-electron chi connectivity index (χ0n) is 14.6. The highest BCUT2D eigenvalue weighted by molar-refractivity contribution is 6.06. The number of anilines is 2. The highest BCUT2D eigenvalue weighted by Gasteiger charge is 2.12. The van der Waals surface area contributed by atoms with Gasteiger partial charge in [0.15, 0.2) is 5.76 Å². The van der Waals surface area contributed by atoms with Gasteiger partial charge in [-0.3, -0.25) is 9.59 Å². The van der Waals surface area contributed by atoms with E-state index in [1.807, 2.05) is 18.2 Å². The van der Waals surface area contributed by atoms with Crippen molar-refractivity contribution in [3.63, 3.8) is 0 Å². The lowest BCUT2D eigenvalue weighted by atomic mass is 10.2. The number of amides is 2. The van der Waals surface area contributed by atoms with Crippen molar-refractivity contribution in [2.45, 2.75) is 0 Å². The molecular formula is C22H15FN2O3. The number of furan rings is 1. The van der Waals surface area contributed by atoms with Crippen LogP contribution in [0, 0.1) is 5.82 Å². The van der Waals surface area contributed by atoms with Crippen LogP contribution in [0.4, 0.5) is 15.8 Å². The molecule has 0 aliphatic rings. The van der Waals surface area contributed by atoms with E-state index in [-0.39, 0.29) is 17.2 Å². The fourth-order valence-corrected chi connectivity index (χ4v) is 2.76. The van der Waals surface area contributed by atoms with Gasteiger partial charge in [0, 0.05) is 22.3 Å². The van der Waals surface area contributed by atoms with Crippen molar-refractivity contribution < 1.29 is 18.4 Å². The molecule has 5 nitrogen and oxygen atoms in total. The number of carbonyl (C=O) groups excluding carboxylic acids is 2. The lowest BCUT2D eigenvalue weighted by Gasteiger charge is -2.07.